The molecule has 2 aliphatic rings. The molecule has 1 heteroatoms. The third-order valence-electron chi connectivity index (χ3n) is 7.28. The van der Waals surface area contributed by atoms with Crippen LogP contribution in [-0.4, -0.2) is 6.04 Å². The topological polar surface area (TPSA) is 3.24 Å². The van der Waals surface area contributed by atoms with Gasteiger partial charge >= 0.3 is 0 Å². The lowest BCUT2D eigenvalue weighted by Crippen LogP contribution is -2.26. The van der Waals surface area contributed by atoms with Crippen molar-refractivity contribution in [2.45, 2.75) is 38.1 Å². The van der Waals surface area contributed by atoms with Gasteiger partial charge in [-0.3, -0.25) is 0 Å². The van der Waals surface area contributed by atoms with Gasteiger partial charge < -0.3 is 4.90 Å². The first-order chi connectivity index (χ1) is 16.3. The highest BCUT2D eigenvalue weighted by molar-refractivity contribution is 5.92. The Balaban J connectivity index is 1.45. The molecule has 1 heterocycles. The van der Waals surface area contributed by atoms with E-state index < -0.39 is 0 Å². The van der Waals surface area contributed by atoms with Gasteiger partial charge in [-0.2, -0.15) is 0 Å². The highest BCUT2D eigenvalue weighted by Gasteiger charge is 2.42. The maximum absolute atomic E-state index is 2.61. The van der Waals surface area contributed by atoms with Crippen LogP contribution in [0.3, 0.4) is 0 Å². The summed E-state index contributed by atoms with van der Waals surface area (Å²) >= 11 is 0. The summed E-state index contributed by atoms with van der Waals surface area (Å²) in [5.74, 6) is 0.630. The van der Waals surface area contributed by atoms with E-state index in [-0.39, 0.29) is 0 Å². The predicted octanol–water partition coefficient (Wildman–Crippen LogP) is 8.37. The monoisotopic (exact) mass is 427 g/mol. The van der Waals surface area contributed by atoms with Crippen molar-refractivity contribution in [2.75, 3.05) is 4.90 Å². The van der Waals surface area contributed by atoms with Gasteiger partial charge in [-0.15, -0.1) is 0 Å². The van der Waals surface area contributed by atoms with Crippen LogP contribution in [0.1, 0.15) is 53.0 Å². The van der Waals surface area contributed by atoms with Crippen LogP contribution >= 0.6 is 0 Å². The first kappa shape index (κ1) is 20.1. The molecule has 2 unspecified atom stereocenters. The first-order valence-corrected chi connectivity index (χ1v) is 12.1. The van der Waals surface area contributed by atoms with Crippen LogP contribution in [0, 0.1) is 6.92 Å². The smallest absolute Gasteiger partial charge is 0.0450 e. The number of benzene rings is 4. The van der Waals surface area contributed by atoms with E-state index in [2.05, 4.69) is 121 Å². The number of rotatable bonds is 4. The lowest BCUT2D eigenvalue weighted by molar-refractivity contribution is 0.641. The quantitative estimate of drug-likeness (QED) is 0.296. The second kappa shape index (κ2) is 8.41. The molecule has 2 atom stereocenters. The molecule has 1 nitrogen and oxygen atoms in total. The number of aryl methyl sites for hydroxylation is 1. The Hall–Kier alpha value is -3.58. The standard InChI is InChI=1S/C32H29N/c1-23-10-8-15-27(20-23)33-31-17-9-16-28(31)30-22-24(18-19-32(30)33)21-29(25-11-4-2-5-12-25)26-13-6-3-7-14-26/h2-8,10-15,18-22,28,31H,9,16-17H2,1H3. The van der Waals surface area contributed by atoms with E-state index in [0.717, 1.165) is 0 Å². The average Bonchev–Trinajstić information content (AvgIpc) is 3.44. The molecule has 4 aromatic carbocycles. The fourth-order valence-corrected chi connectivity index (χ4v) is 5.81. The number of nitrogens with zero attached hydrogens (tertiary/aromatic N) is 1. The van der Waals surface area contributed by atoms with Crippen LogP contribution < -0.4 is 4.90 Å². The Morgan fingerprint density at radius 3 is 2.18 bits per heavy atom. The summed E-state index contributed by atoms with van der Waals surface area (Å²) in [6.45, 7) is 2.19. The number of hydrogen-bond donors (Lipinski definition) is 0. The number of hydrogen-bond acceptors (Lipinski definition) is 1. The Morgan fingerprint density at radius 2 is 1.48 bits per heavy atom. The van der Waals surface area contributed by atoms with Crippen molar-refractivity contribution in [1.82, 2.24) is 0 Å². The van der Waals surface area contributed by atoms with E-state index in [1.165, 1.54) is 64.0 Å². The summed E-state index contributed by atoms with van der Waals surface area (Å²) in [6.07, 6.45) is 6.25. The Bertz CT molecular complexity index is 1260. The third kappa shape index (κ3) is 3.68. The van der Waals surface area contributed by atoms with Crippen LogP contribution in [0.4, 0.5) is 11.4 Å². The van der Waals surface area contributed by atoms with Gasteiger partial charge in [0, 0.05) is 23.3 Å². The first-order valence-electron chi connectivity index (χ1n) is 12.1. The zero-order valence-electron chi connectivity index (χ0n) is 19.1. The van der Waals surface area contributed by atoms with E-state index in [1.54, 1.807) is 0 Å². The summed E-state index contributed by atoms with van der Waals surface area (Å²) in [7, 11) is 0. The van der Waals surface area contributed by atoms with E-state index in [1.807, 2.05) is 0 Å². The minimum Gasteiger partial charge on any atom is -0.338 e. The molecule has 0 bridgehead atoms. The molecule has 0 amide bonds. The molecule has 0 spiro atoms. The van der Waals surface area contributed by atoms with Crippen LogP contribution in [0.2, 0.25) is 0 Å². The Morgan fingerprint density at radius 1 is 0.758 bits per heavy atom. The second-order valence-corrected chi connectivity index (χ2v) is 9.42. The zero-order valence-corrected chi connectivity index (χ0v) is 19.1. The minimum atomic E-state index is 0.587. The minimum absolute atomic E-state index is 0.587. The summed E-state index contributed by atoms with van der Waals surface area (Å²) in [5, 5.41) is 0. The Labute approximate surface area is 197 Å². The van der Waals surface area contributed by atoms with E-state index in [4.69, 9.17) is 0 Å². The number of fused-ring (bicyclic) bond motifs is 3. The highest BCUT2D eigenvalue weighted by atomic mass is 15.2. The molecule has 0 radical (unpaired) electrons. The van der Waals surface area contributed by atoms with Crippen LogP contribution in [0.5, 0.6) is 0 Å². The SMILES string of the molecule is Cc1cccc(N2c3ccc(C=C(c4ccccc4)c4ccccc4)cc3C3CCCC32)c1. The van der Waals surface area contributed by atoms with E-state index >= 15 is 0 Å². The molecular formula is C32H29N. The molecular weight excluding hydrogens is 398 g/mol. The summed E-state index contributed by atoms with van der Waals surface area (Å²) in [6, 6.07) is 38.2. The number of anilines is 2. The normalized spacial score (nSPS) is 18.6. The molecule has 33 heavy (non-hydrogen) atoms. The van der Waals surface area contributed by atoms with Gasteiger partial charge in [0.2, 0.25) is 0 Å². The van der Waals surface area contributed by atoms with E-state index in [0.29, 0.717) is 12.0 Å². The third-order valence-corrected chi connectivity index (χ3v) is 7.28. The van der Waals surface area contributed by atoms with Crippen LogP contribution in [0.15, 0.2) is 103 Å². The molecule has 6 rings (SSSR count). The van der Waals surface area contributed by atoms with Crippen molar-refractivity contribution in [2.24, 2.45) is 0 Å². The van der Waals surface area contributed by atoms with Gasteiger partial charge in [-0.1, -0.05) is 85.3 Å². The molecule has 1 fully saturated rings. The zero-order chi connectivity index (χ0) is 22.2. The van der Waals surface area contributed by atoms with Crippen molar-refractivity contribution in [3.63, 3.8) is 0 Å². The maximum atomic E-state index is 2.61. The Kier molecular flexibility index (Phi) is 5.11. The van der Waals surface area contributed by atoms with Gasteiger partial charge in [0.1, 0.15) is 0 Å². The lowest BCUT2D eigenvalue weighted by Gasteiger charge is -2.27. The molecule has 0 saturated heterocycles. The van der Waals surface area contributed by atoms with Crippen LogP contribution in [0.25, 0.3) is 11.6 Å². The van der Waals surface area contributed by atoms with Crippen LogP contribution in [-0.2, 0) is 0 Å². The van der Waals surface area contributed by atoms with Gasteiger partial charge in [0.25, 0.3) is 0 Å². The molecule has 0 N–H and O–H groups in total. The fourth-order valence-electron chi connectivity index (χ4n) is 5.81. The molecule has 1 saturated carbocycles. The van der Waals surface area contributed by atoms with E-state index in [9.17, 15) is 0 Å². The van der Waals surface area contributed by atoms with Gasteiger partial charge in [0.05, 0.1) is 0 Å². The molecule has 1 aliphatic heterocycles. The van der Waals surface area contributed by atoms with Crippen molar-refractivity contribution in [3.8, 4) is 0 Å². The molecule has 162 valence electrons. The molecule has 1 aliphatic carbocycles. The van der Waals surface area contributed by atoms with Gasteiger partial charge in [-0.05, 0) is 83.5 Å². The molecule has 4 aromatic rings. The van der Waals surface area contributed by atoms with Crippen molar-refractivity contribution in [3.05, 3.63) is 131 Å². The van der Waals surface area contributed by atoms with Crippen molar-refractivity contribution in [1.29, 1.82) is 0 Å². The lowest BCUT2D eigenvalue weighted by atomic mass is 9.93. The second-order valence-electron chi connectivity index (χ2n) is 9.42. The molecule has 0 aromatic heterocycles. The summed E-state index contributed by atoms with van der Waals surface area (Å²) < 4.78 is 0. The van der Waals surface area contributed by atoms with Crippen molar-refractivity contribution < 1.29 is 0 Å². The summed E-state index contributed by atoms with van der Waals surface area (Å²) in [5.41, 5.74) is 10.6. The fraction of sp³-hybridized carbons (Fsp3) is 0.188. The van der Waals surface area contributed by atoms with Gasteiger partial charge in [0.15, 0.2) is 0 Å². The average molecular weight is 428 g/mol. The van der Waals surface area contributed by atoms with Crippen molar-refractivity contribution >= 4 is 23.0 Å². The highest BCUT2D eigenvalue weighted by Crippen LogP contribution is 2.52. The summed E-state index contributed by atoms with van der Waals surface area (Å²) in [4.78, 5) is 2.61. The van der Waals surface area contributed by atoms with Gasteiger partial charge in [-0.25, -0.2) is 0 Å². The maximum Gasteiger partial charge on any atom is 0.0450 e. The largest absolute Gasteiger partial charge is 0.338 e. The predicted molar refractivity (Wildman–Crippen MR) is 140 cm³/mol.